The summed E-state index contributed by atoms with van der Waals surface area (Å²) in [5, 5.41) is 10.5. The summed E-state index contributed by atoms with van der Waals surface area (Å²) in [6, 6.07) is 7.21. The van der Waals surface area contributed by atoms with Gasteiger partial charge in [0.2, 0.25) is 0 Å². The normalized spacial score (nSPS) is 12.6. The molecule has 16 heavy (non-hydrogen) atoms. The van der Waals surface area contributed by atoms with Crippen LogP contribution in [0.25, 0.3) is 11.0 Å². The van der Waals surface area contributed by atoms with E-state index < -0.39 is 12.1 Å². The number of hydrogen-bond donors (Lipinski definition) is 1. The maximum Gasteiger partial charge on any atom is 0.339 e. The third-order valence-corrected chi connectivity index (χ3v) is 2.32. The van der Waals surface area contributed by atoms with E-state index in [4.69, 9.17) is 9.15 Å². The third-order valence-electron chi connectivity index (χ3n) is 2.32. The zero-order valence-electron chi connectivity index (χ0n) is 8.84. The molecule has 1 heterocycles. The number of carbonyl (C=O) groups excluding carboxylic acids is 1. The molecule has 2 rings (SSSR count). The maximum absolute atomic E-state index is 11.4. The predicted molar refractivity (Wildman–Crippen MR) is 57.8 cm³/mol. The first-order chi connectivity index (χ1) is 7.74. The van der Waals surface area contributed by atoms with Crippen LogP contribution in [0, 0.1) is 0 Å². The lowest BCUT2D eigenvalue weighted by molar-refractivity contribution is -0.153. The molecule has 1 aromatic carbocycles. The number of benzene rings is 1. The van der Waals surface area contributed by atoms with Crippen molar-refractivity contribution in [2.45, 2.75) is 13.0 Å². The summed E-state index contributed by atoms with van der Waals surface area (Å²) in [5.74, 6) is -0.658. The number of furan rings is 1. The van der Waals surface area contributed by atoms with Crippen molar-refractivity contribution in [1.29, 1.82) is 0 Å². The number of hydrogen-bond acceptors (Lipinski definition) is 4. The average molecular weight is 220 g/mol. The molecule has 0 spiro atoms. The van der Waals surface area contributed by atoms with Gasteiger partial charge >= 0.3 is 5.97 Å². The van der Waals surface area contributed by atoms with Gasteiger partial charge in [-0.25, -0.2) is 4.79 Å². The molecule has 0 saturated heterocycles. The number of para-hydroxylation sites is 1. The van der Waals surface area contributed by atoms with Crippen LogP contribution in [0.1, 0.15) is 18.6 Å². The summed E-state index contributed by atoms with van der Waals surface area (Å²) < 4.78 is 9.98. The average Bonchev–Trinajstić information content (AvgIpc) is 2.72. The van der Waals surface area contributed by atoms with E-state index in [1.807, 2.05) is 12.1 Å². The molecule has 0 aliphatic rings. The molecule has 1 N–H and O–H groups in total. The Morgan fingerprint density at radius 2 is 2.25 bits per heavy atom. The highest BCUT2D eigenvalue weighted by atomic mass is 16.5. The fraction of sp³-hybridized carbons (Fsp3) is 0.250. The smallest absolute Gasteiger partial charge is 0.339 e. The maximum atomic E-state index is 11.4. The van der Waals surface area contributed by atoms with Crippen molar-refractivity contribution in [2.75, 3.05) is 6.61 Å². The lowest BCUT2D eigenvalue weighted by atomic mass is 10.1. The summed E-state index contributed by atoms with van der Waals surface area (Å²) in [4.78, 5) is 11.4. The molecule has 0 fully saturated rings. The highest BCUT2D eigenvalue weighted by Gasteiger charge is 2.22. The van der Waals surface area contributed by atoms with Crippen LogP contribution in [-0.2, 0) is 9.53 Å². The summed E-state index contributed by atoms with van der Waals surface area (Å²) in [7, 11) is 0. The van der Waals surface area contributed by atoms with Crippen molar-refractivity contribution in [2.24, 2.45) is 0 Å². The molecule has 4 nitrogen and oxygen atoms in total. The van der Waals surface area contributed by atoms with E-state index in [-0.39, 0.29) is 6.61 Å². The second-order valence-corrected chi connectivity index (χ2v) is 3.34. The van der Waals surface area contributed by atoms with Crippen molar-refractivity contribution >= 4 is 16.9 Å². The fourth-order valence-electron chi connectivity index (χ4n) is 1.56. The van der Waals surface area contributed by atoms with Crippen LogP contribution in [0.15, 0.2) is 34.9 Å². The van der Waals surface area contributed by atoms with Crippen LogP contribution >= 0.6 is 0 Å². The Balaban J connectivity index is 2.36. The zero-order valence-corrected chi connectivity index (χ0v) is 8.84. The van der Waals surface area contributed by atoms with Gasteiger partial charge in [0, 0.05) is 10.9 Å². The topological polar surface area (TPSA) is 59.7 Å². The molecule has 4 heteroatoms. The molecule has 84 valence electrons. The van der Waals surface area contributed by atoms with E-state index in [1.54, 1.807) is 19.1 Å². The Bertz CT molecular complexity index is 500. The molecule has 0 aliphatic carbocycles. The molecule has 0 aliphatic heterocycles. The van der Waals surface area contributed by atoms with Crippen LogP contribution in [0.5, 0.6) is 0 Å². The first-order valence-corrected chi connectivity index (χ1v) is 5.05. The second kappa shape index (κ2) is 4.37. The Kier molecular flexibility index (Phi) is 2.92. The third kappa shape index (κ3) is 1.79. The minimum absolute atomic E-state index is 0.242. The Hall–Kier alpha value is -1.81. The molecule has 0 saturated carbocycles. The summed E-state index contributed by atoms with van der Waals surface area (Å²) in [5.41, 5.74) is 1.08. The molecular formula is C12H12O4. The van der Waals surface area contributed by atoms with E-state index in [0.29, 0.717) is 11.1 Å². The molecule has 1 aromatic heterocycles. The molecule has 0 amide bonds. The number of fused-ring (bicyclic) bond motifs is 1. The minimum Gasteiger partial charge on any atom is -0.464 e. The van der Waals surface area contributed by atoms with Crippen LogP contribution < -0.4 is 0 Å². The Morgan fingerprint density at radius 3 is 3.00 bits per heavy atom. The highest BCUT2D eigenvalue weighted by Crippen LogP contribution is 2.26. The molecule has 0 radical (unpaired) electrons. The predicted octanol–water partition coefficient (Wildman–Crippen LogP) is 2.03. The minimum atomic E-state index is -1.29. The molecule has 1 atom stereocenters. The van der Waals surface area contributed by atoms with Crippen molar-refractivity contribution < 1.29 is 19.1 Å². The standard InChI is InChI=1S/C12H12O4/c1-2-15-12(14)11(13)9-7-16-10-6-4-3-5-8(9)10/h3-7,11,13H,2H2,1H3/t11-/m0/s1. The van der Waals surface area contributed by atoms with E-state index in [0.717, 1.165) is 5.39 Å². The Labute approximate surface area is 92.4 Å². The van der Waals surface area contributed by atoms with Crippen molar-refractivity contribution in [3.05, 3.63) is 36.1 Å². The lowest BCUT2D eigenvalue weighted by Crippen LogP contribution is -2.14. The summed E-state index contributed by atoms with van der Waals surface area (Å²) in [6.45, 7) is 1.93. The van der Waals surface area contributed by atoms with E-state index >= 15 is 0 Å². The number of ether oxygens (including phenoxy) is 1. The van der Waals surface area contributed by atoms with Gasteiger partial charge in [0.1, 0.15) is 5.58 Å². The summed E-state index contributed by atoms with van der Waals surface area (Å²) >= 11 is 0. The van der Waals surface area contributed by atoms with Gasteiger partial charge < -0.3 is 14.3 Å². The van der Waals surface area contributed by atoms with E-state index in [2.05, 4.69) is 0 Å². The molecule has 2 aromatic rings. The zero-order chi connectivity index (χ0) is 11.5. The van der Waals surface area contributed by atoms with Crippen LogP contribution in [0.4, 0.5) is 0 Å². The SMILES string of the molecule is CCOC(=O)[C@@H](O)c1coc2ccccc12. The first-order valence-electron chi connectivity index (χ1n) is 5.05. The summed E-state index contributed by atoms with van der Waals surface area (Å²) in [6.07, 6.45) is 0.0929. The number of aliphatic hydroxyl groups excluding tert-OH is 1. The van der Waals surface area contributed by atoms with Gasteiger partial charge in [0.05, 0.1) is 12.9 Å². The van der Waals surface area contributed by atoms with Crippen LogP contribution in [-0.4, -0.2) is 17.7 Å². The monoisotopic (exact) mass is 220 g/mol. The van der Waals surface area contributed by atoms with Gasteiger partial charge in [-0.1, -0.05) is 18.2 Å². The largest absolute Gasteiger partial charge is 0.464 e. The van der Waals surface area contributed by atoms with Crippen molar-refractivity contribution in [3.63, 3.8) is 0 Å². The lowest BCUT2D eigenvalue weighted by Gasteiger charge is -2.07. The quantitative estimate of drug-likeness (QED) is 0.804. The number of aliphatic hydroxyl groups is 1. The first kappa shape index (κ1) is 10.7. The van der Waals surface area contributed by atoms with Crippen molar-refractivity contribution in [3.8, 4) is 0 Å². The van der Waals surface area contributed by atoms with Gasteiger partial charge in [-0.15, -0.1) is 0 Å². The highest BCUT2D eigenvalue weighted by molar-refractivity contribution is 5.87. The molecular weight excluding hydrogens is 208 g/mol. The molecule has 0 bridgehead atoms. The Morgan fingerprint density at radius 1 is 1.50 bits per heavy atom. The number of esters is 1. The van der Waals surface area contributed by atoms with Crippen LogP contribution in [0.3, 0.4) is 0 Å². The number of carbonyl (C=O) groups is 1. The fourth-order valence-corrected chi connectivity index (χ4v) is 1.56. The van der Waals surface area contributed by atoms with Gasteiger partial charge in [-0.3, -0.25) is 0 Å². The second-order valence-electron chi connectivity index (χ2n) is 3.34. The van der Waals surface area contributed by atoms with Gasteiger partial charge in [0.15, 0.2) is 6.10 Å². The van der Waals surface area contributed by atoms with Gasteiger partial charge in [-0.2, -0.15) is 0 Å². The van der Waals surface area contributed by atoms with Crippen molar-refractivity contribution in [1.82, 2.24) is 0 Å². The van der Waals surface area contributed by atoms with Crippen LogP contribution in [0.2, 0.25) is 0 Å². The van der Waals surface area contributed by atoms with E-state index in [9.17, 15) is 9.90 Å². The van der Waals surface area contributed by atoms with Gasteiger partial charge in [0.25, 0.3) is 0 Å². The molecule has 0 unspecified atom stereocenters. The van der Waals surface area contributed by atoms with E-state index in [1.165, 1.54) is 6.26 Å². The number of rotatable bonds is 3. The van der Waals surface area contributed by atoms with Gasteiger partial charge in [-0.05, 0) is 13.0 Å².